The second-order valence-electron chi connectivity index (χ2n) is 4.63. The van der Waals surface area contributed by atoms with Gasteiger partial charge in [-0.2, -0.15) is 17.0 Å². The second-order valence-corrected chi connectivity index (χ2v) is 6.62. The van der Waals surface area contributed by atoms with E-state index in [1.807, 2.05) is 0 Å². The highest BCUT2D eigenvalue weighted by Gasteiger charge is 2.31. The smallest absolute Gasteiger partial charge is 0.281 e. The first kappa shape index (κ1) is 15.2. The normalized spacial score (nSPS) is 21.2. The van der Waals surface area contributed by atoms with Gasteiger partial charge in [-0.15, -0.1) is 0 Å². The van der Waals surface area contributed by atoms with Crippen LogP contribution in [0.5, 0.6) is 0 Å². The molecule has 7 nitrogen and oxygen atoms in total. The van der Waals surface area contributed by atoms with Crippen LogP contribution < -0.4 is 5.73 Å². The summed E-state index contributed by atoms with van der Waals surface area (Å²) in [6, 6.07) is -0.340. The van der Waals surface area contributed by atoms with Gasteiger partial charge < -0.3 is 10.9 Å². The van der Waals surface area contributed by atoms with Crippen molar-refractivity contribution in [1.29, 1.82) is 0 Å². The third-order valence-electron chi connectivity index (χ3n) is 3.26. The van der Waals surface area contributed by atoms with E-state index in [0.29, 0.717) is 13.1 Å². The van der Waals surface area contributed by atoms with Crippen LogP contribution in [0, 0.1) is 0 Å². The number of piperidine rings is 1. The van der Waals surface area contributed by atoms with Crippen LogP contribution in [0.25, 0.3) is 0 Å². The van der Waals surface area contributed by atoms with E-state index >= 15 is 0 Å². The molecular weight excluding hydrogens is 256 g/mol. The van der Waals surface area contributed by atoms with Crippen molar-refractivity contribution < 1.29 is 13.6 Å². The van der Waals surface area contributed by atoms with Crippen LogP contribution in [0.4, 0.5) is 0 Å². The molecule has 1 atom stereocenters. The Morgan fingerprint density at radius 2 is 2.00 bits per heavy atom. The minimum atomic E-state index is -3.44. The van der Waals surface area contributed by atoms with Gasteiger partial charge in [0.25, 0.3) is 10.2 Å². The minimum Gasteiger partial charge on any atom is -0.409 e. The quantitative estimate of drug-likeness (QED) is 0.324. The van der Waals surface area contributed by atoms with Crippen LogP contribution in [0.1, 0.15) is 32.6 Å². The number of hydrogen-bond acceptors (Lipinski definition) is 4. The monoisotopic (exact) mass is 278 g/mol. The van der Waals surface area contributed by atoms with E-state index in [9.17, 15) is 8.42 Å². The fourth-order valence-corrected chi connectivity index (χ4v) is 3.59. The van der Waals surface area contributed by atoms with Gasteiger partial charge in [-0.1, -0.05) is 11.6 Å². The molecule has 0 saturated carbocycles. The molecule has 8 heteroatoms. The predicted molar refractivity (Wildman–Crippen MR) is 69.6 cm³/mol. The molecule has 0 amide bonds. The van der Waals surface area contributed by atoms with E-state index in [2.05, 4.69) is 5.16 Å². The van der Waals surface area contributed by atoms with Gasteiger partial charge in [-0.05, 0) is 19.8 Å². The van der Waals surface area contributed by atoms with Crippen molar-refractivity contribution in [3.8, 4) is 0 Å². The maximum Gasteiger partial charge on any atom is 0.281 e. The maximum absolute atomic E-state index is 12.3. The van der Waals surface area contributed by atoms with Crippen molar-refractivity contribution in [3.63, 3.8) is 0 Å². The summed E-state index contributed by atoms with van der Waals surface area (Å²) in [5.74, 6) is 0.0307. The van der Waals surface area contributed by atoms with E-state index in [0.717, 1.165) is 19.3 Å². The lowest BCUT2D eigenvalue weighted by Crippen LogP contribution is -2.48. The molecule has 1 heterocycles. The number of amidine groups is 1. The van der Waals surface area contributed by atoms with Gasteiger partial charge in [0, 0.05) is 32.6 Å². The van der Waals surface area contributed by atoms with E-state index < -0.39 is 10.2 Å². The lowest BCUT2D eigenvalue weighted by Gasteiger charge is -2.32. The summed E-state index contributed by atoms with van der Waals surface area (Å²) in [4.78, 5) is 0. The number of hydrogen-bond donors (Lipinski definition) is 2. The molecule has 0 spiro atoms. The fraction of sp³-hybridized carbons (Fsp3) is 0.900. The van der Waals surface area contributed by atoms with E-state index in [1.54, 1.807) is 6.92 Å². The molecule has 3 N–H and O–H groups in total. The summed E-state index contributed by atoms with van der Waals surface area (Å²) in [5.41, 5.74) is 5.40. The van der Waals surface area contributed by atoms with Gasteiger partial charge in [-0.25, -0.2) is 0 Å². The van der Waals surface area contributed by atoms with Crippen LogP contribution >= 0.6 is 0 Å². The van der Waals surface area contributed by atoms with Crippen molar-refractivity contribution in [3.05, 3.63) is 0 Å². The van der Waals surface area contributed by atoms with Crippen LogP contribution in [0.3, 0.4) is 0 Å². The molecule has 1 saturated heterocycles. The fourth-order valence-electron chi connectivity index (χ4n) is 1.98. The van der Waals surface area contributed by atoms with Gasteiger partial charge in [0.1, 0.15) is 5.84 Å². The molecule has 0 aliphatic carbocycles. The Labute approximate surface area is 108 Å². The Hall–Kier alpha value is -0.860. The zero-order chi connectivity index (χ0) is 13.8. The van der Waals surface area contributed by atoms with Crippen LogP contribution in [-0.4, -0.2) is 54.3 Å². The largest absolute Gasteiger partial charge is 0.409 e. The topological polar surface area (TPSA) is 99.2 Å². The lowest BCUT2D eigenvalue weighted by atomic mass is 10.2. The molecule has 18 heavy (non-hydrogen) atoms. The summed E-state index contributed by atoms with van der Waals surface area (Å²) in [5, 5.41) is 11.4. The Morgan fingerprint density at radius 1 is 1.44 bits per heavy atom. The Kier molecular flexibility index (Phi) is 5.36. The number of rotatable bonds is 5. The summed E-state index contributed by atoms with van der Waals surface area (Å²) in [6.45, 7) is 2.88. The summed E-state index contributed by atoms with van der Waals surface area (Å²) >= 11 is 0. The standard InChI is InChI=1S/C10H22N4O3S/c1-9(8-10(11)12-15)13(2)18(16,17)14-6-4-3-5-7-14/h9,15H,3-8H2,1-2H3,(H2,11,12). The van der Waals surface area contributed by atoms with Gasteiger partial charge >= 0.3 is 0 Å². The summed E-state index contributed by atoms with van der Waals surface area (Å²) in [7, 11) is -1.91. The third kappa shape index (κ3) is 3.56. The number of nitrogens with two attached hydrogens (primary N) is 1. The van der Waals surface area contributed by atoms with Gasteiger partial charge in [0.15, 0.2) is 0 Å². The molecule has 1 unspecified atom stereocenters. The van der Waals surface area contributed by atoms with Crippen LogP contribution in [-0.2, 0) is 10.2 Å². The average Bonchev–Trinajstić information content (AvgIpc) is 2.38. The molecule has 0 aromatic heterocycles. The molecule has 0 aromatic rings. The first-order valence-electron chi connectivity index (χ1n) is 6.09. The van der Waals surface area contributed by atoms with Crippen LogP contribution in [0.2, 0.25) is 0 Å². The Balaban J connectivity index is 2.71. The van der Waals surface area contributed by atoms with Crippen molar-refractivity contribution in [2.75, 3.05) is 20.1 Å². The second kappa shape index (κ2) is 6.35. The van der Waals surface area contributed by atoms with Crippen molar-refractivity contribution in [1.82, 2.24) is 8.61 Å². The van der Waals surface area contributed by atoms with E-state index in [1.165, 1.54) is 15.7 Å². The van der Waals surface area contributed by atoms with Crippen molar-refractivity contribution in [2.45, 2.75) is 38.6 Å². The summed E-state index contributed by atoms with van der Waals surface area (Å²) < 4.78 is 27.4. The van der Waals surface area contributed by atoms with Crippen LogP contribution in [0.15, 0.2) is 5.16 Å². The number of nitrogens with zero attached hydrogens (tertiary/aromatic N) is 3. The SMILES string of the molecule is CC(CC(N)=NO)N(C)S(=O)(=O)N1CCCCC1. The van der Waals surface area contributed by atoms with E-state index in [4.69, 9.17) is 10.9 Å². The molecule has 1 rings (SSSR count). The minimum absolute atomic E-state index is 0.0307. The molecule has 106 valence electrons. The molecule has 0 radical (unpaired) electrons. The maximum atomic E-state index is 12.3. The average molecular weight is 278 g/mol. The highest BCUT2D eigenvalue weighted by atomic mass is 32.2. The van der Waals surface area contributed by atoms with Crippen molar-refractivity contribution in [2.24, 2.45) is 10.9 Å². The number of oxime groups is 1. The van der Waals surface area contributed by atoms with Gasteiger partial charge in [0.05, 0.1) is 0 Å². The Bertz CT molecular complexity index is 390. The first-order chi connectivity index (χ1) is 8.39. The first-order valence-corrected chi connectivity index (χ1v) is 7.48. The highest BCUT2D eigenvalue weighted by Crippen LogP contribution is 2.18. The molecule has 0 aromatic carbocycles. The lowest BCUT2D eigenvalue weighted by molar-refractivity contribution is 0.293. The van der Waals surface area contributed by atoms with Gasteiger partial charge in [0.2, 0.25) is 0 Å². The molecule has 1 aliphatic rings. The predicted octanol–water partition coefficient (Wildman–Crippen LogP) is 0.174. The molecule has 0 bridgehead atoms. The van der Waals surface area contributed by atoms with Gasteiger partial charge in [-0.3, -0.25) is 0 Å². The molecular formula is C10H22N4O3S. The third-order valence-corrected chi connectivity index (χ3v) is 5.36. The molecule has 1 aliphatic heterocycles. The van der Waals surface area contributed by atoms with E-state index in [-0.39, 0.29) is 18.3 Å². The summed E-state index contributed by atoms with van der Waals surface area (Å²) in [6.07, 6.45) is 3.10. The van der Waals surface area contributed by atoms with Crippen molar-refractivity contribution >= 4 is 16.0 Å². The zero-order valence-corrected chi connectivity index (χ0v) is 11.7. The highest BCUT2D eigenvalue weighted by molar-refractivity contribution is 7.86. The zero-order valence-electron chi connectivity index (χ0n) is 10.9. The Morgan fingerprint density at radius 3 is 2.50 bits per heavy atom. The molecule has 1 fully saturated rings.